The third kappa shape index (κ3) is 3.51. The Balaban J connectivity index is 2.03. The monoisotopic (exact) mass is 288 g/mol. The van der Waals surface area contributed by atoms with E-state index >= 15 is 0 Å². The summed E-state index contributed by atoms with van der Waals surface area (Å²) in [5.41, 5.74) is 1.33. The van der Waals surface area contributed by atoms with E-state index in [1.165, 1.54) is 6.07 Å². The second kappa shape index (κ2) is 6.26. The summed E-state index contributed by atoms with van der Waals surface area (Å²) in [6, 6.07) is 8.32. The molecule has 110 valence electrons. The van der Waals surface area contributed by atoms with Crippen LogP contribution in [0.4, 0.5) is 0 Å². The van der Waals surface area contributed by atoms with Gasteiger partial charge in [-0.1, -0.05) is 6.92 Å². The molecule has 0 fully saturated rings. The molecule has 0 aliphatic heterocycles. The largest absolute Gasteiger partial charge is 0.489 e. The van der Waals surface area contributed by atoms with E-state index in [9.17, 15) is 9.59 Å². The fraction of sp³-hybridized carbons (Fsp3) is 0.250. The Morgan fingerprint density at radius 3 is 2.43 bits per heavy atom. The summed E-state index contributed by atoms with van der Waals surface area (Å²) in [4.78, 5) is 22.3. The molecule has 0 bridgehead atoms. The molecule has 1 heterocycles. The molecule has 0 radical (unpaired) electrons. The fourth-order valence-corrected chi connectivity index (χ4v) is 1.87. The van der Waals surface area contributed by atoms with Crippen molar-refractivity contribution < 1.29 is 23.8 Å². The van der Waals surface area contributed by atoms with E-state index in [0.717, 1.165) is 0 Å². The summed E-state index contributed by atoms with van der Waals surface area (Å²) in [6.45, 7) is 3.71. The van der Waals surface area contributed by atoms with Gasteiger partial charge in [-0.3, -0.25) is 4.79 Å². The first kappa shape index (κ1) is 14.8. The number of aryl methyl sites for hydroxylation is 1. The highest BCUT2D eigenvalue weighted by molar-refractivity contribution is 5.95. The minimum absolute atomic E-state index is 0.0818. The summed E-state index contributed by atoms with van der Waals surface area (Å²) < 4.78 is 10.7. The van der Waals surface area contributed by atoms with Crippen molar-refractivity contribution in [3.8, 4) is 5.75 Å². The molecule has 21 heavy (non-hydrogen) atoms. The Morgan fingerprint density at radius 2 is 1.90 bits per heavy atom. The van der Waals surface area contributed by atoms with Crippen LogP contribution in [-0.4, -0.2) is 16.9 Å². The first-order valence-corrected chi connectivity index (χ1v) is 6.60. The van der Waals surface area contributed by atoms with Gasteiger partial charge in [-0.25, -0.2) is 4.79 Å². The zero-order chi connectivity index (χ0) is 15.4. The number of carboxylic acids is 1. The molecule has 2 aromatic rings. The molecular formula is C16H16O5. The van der Waals surface area contributed by atoms with Crippen LogP contribution in [-0.2, 0) is 6.61 Å². The number of carbonyl (C=O) groups is 2. The first-order chi connectivity index (χ1) is 10.0. The Hall–Kier alpha value is -2.56. The highest BCUT2D eigenvalue weighted by Gasteiger charge is 2.13. The zero-order valence-electron chi connectivity index (χ0n) is 11.9. The van der Waals surface area contributed by atoms with E-state index in [0.29, 0.717) is 29.1 Å². The number of carbonyl (C=O) groups excluding carboxylic acids is 1. The van der Waals surface area contributed by atoms with Gasteiger partial charge in [0.05, 0.1) is 0 Å². The van der Waals surface area contributed by atoms with E-state index in [2.05, 4.69) is 0 Å². The van der Waals surface area contributed by atoms with Crippen LogP contribution in [0.3, 0.4) is 0 Å². The lowest BCUT2D eigenvalue weighted by Crippen LogP contribution is -1.98. The van der Waals surface area contributed by atoms with Crippen molar-refractivity contribution in [2.45, 2.75) is 26.9 Å². The number of Topliss-reactive ketones (excluding diaryl/α,β-unsaturated/α-hetero) is 1. The SMILES string of the molecule is CCC(=O)c1ccc(OCc2cc(C(=O)O)oc2C)cc1. The highest BCUT2D eigenvalue weighted by Crippen LogP contribution is 2.19. The predicted molar refractivity (Wildman–Crippen MR) is 75.8 cm³/mol. The van der Waals surface area contributed by atoms with Crippen LogP contribution in [0.15, 0.2) is 34.7 Å². The van der Waals surface area contributed by atoms with Crippen LogP contribution in [0.2, 0.25) is 0 Å². The average molecular weight is 288 g/mol. The highest BCUT2D eigenvalue weighted by atomic mass is 16.5. The second-order valence-electron chi connectivity index (χ2n) is 4.59. The normalized spacial score (nSPS) is 10.4. The molecule has 2 rings (SSSR count). The number of benzene rings is 1. The first-order valence-electron chi connectivity index (χ1n) is 6.60. The molecule has 0 saturated carbocycles. The van der Waals surface area contributed by atoms with Crippen LogP contribution in [0, 0.1) is 6.92 Å². The molecule has 0 unspecified atom stereocenters. The number of rotatable bonds is 6. The van der Waals surface area contributed by atoms with Crippen molar-refractivity contribution in [2.24, 2.45) is 0 Å². The van der Waals surface area contributed by atoms with Gasteiger partial charge in [-0.05, 0) is 37.3 Å². The molecular weight excluding hydrogens is 272 g/mol. The van der Waals surface area contributed by atoms with Crippen LogP contribution in [0.5, 0.6) is 5.75 Å². The molecule has 0 atom stereocenters. The standard InChI is InChI=1S/C16H16O5/c1-3-14(17)11-4-6-13(7-5-11)20-9-12-8-15(16(18)19)21-10(12)2/h4-8H,3,9H2,1-2H3,(H,18,19). The summed E-state index contributed by atoms with van der Waals surface area (Å²) >= 11 is 0. The van der Waals surface area contributed by atoms with Crippen molar-refractivity contribution in [2.75, 3.05) is 0 Å². The summed E-state index contributed by atoms with van der Waals surface area (Å²) in [5.74, 6) is 0.00501. The van der Waals surface area contributed by atoms with Crippen LogP contribution in [0.1, 0.15) is 45.6 Å². The van der Waals surface area contributed by atoms with E-state index in [-0.39, 0.29) is 18.2 Å². The molecule has 0 aliphatic carbocycles. The molecule has 5 heteroatoms. The third-order valence-corrected chi connectivity index (χ3v) is 3.12. The van der Waals surface area contributed by atoms with Gasteiger partial charge in [0.2, 0.25) is 5.76 Å². The molecule has 1 N–H and O–H groups in total. The van der Waals surface area contributed by atoms with E-state index in [1.807, 2.05) is 6.92 Å². The van der Waals surface area contributed by atoms with Crippen molar-refractivity contribution in [3.63, 3.8) is 0 Å². The van der Waals surface area contributed by atoms with E-state index < -0.39 is 5.97 Å². The Kier molecular flexibility index (Phi) is 4.42. The molecule has 1 aromatic carbocycles. The van der Waals surface area contributed by atoms with Gasteiger partial charge in [0, 0.05) is 17.5 Å². The van der Waals surface area contributed by atoms with Crippen LogP contribution < -0.4 is 4.74 Å². The van der Waals surface area contributed by atoms with Gasteiger partial charge in [0.1, 0.15) is 18.1 Å². The molecule has 1 aromatic heterocycles. The van der Waals surface area contributed by atoms with Crippen molar-refractivity contribution in [1.29, 1.82) is 0 Å². The molecule has 0 amide bonds. The Labute approximate surface area is 122 Å². The minimum atomic E-state index is -1.10. The van der Waals surface area contributed by atoms with Crippen molar-refractivity contribution in [1.82, 2.24) is 0 Å². The summed E-state index contributed by atoms with van der Waals surface area (Å²) in [6.07, 6.45) is 0.465. The maximum Gasteiger partial charge on any atom is 0.371 e. The summed E-state index contributed by atoms with van der Waals surface area (Å²) in [7, 11) is 0. The number of aromatic carboxylic acids is 1. The molecule has 0 saturated heterocycles. The molecule has 0 aliphatic rings. The van der Waals surface area contributed by atoms with Crippen molar-refractivity contribution in [3.05, 3.63) is 53.0 Å². The zero-order valence-corrected chi connectivity index (χ0v) is 11.9. The number of carboxylic acid groups (broad SMARTS) is 1. The minimum Gasteiger partial charge on any atom is -0.489 e. The lowest BCUT2D eigenvalue weighted by Gasteiger charge is -2.06. The van der Waals surface area contributed by atoms with Crippen LogP contribution in [0.25, 0.3) is 0 Å². The number of ketones is 1. The maximum atomic E-state index is 11.5. The number of furan rings is 1. The number of hydrogen-bond donors (Lipinski definition) is 1. The van der Waals surface area contributed by atoms with E-state index in [1.54, 1.807) is 31.2 Å². The second-order valence-corrected chi connectivity index (χ2v) is 4.59. The lowest BCUT2D eigenvalue weighted by molar-refractivity contribution is 0.0660. The molecule has 5 nitrogen and oxygen atoms in total. The van der Waals surface area contributed by atoms with Gasteiger partial charge in [-0.2, -0.15) is 0 Å². The smallest absolute Gasteiger partial charge is 0.371 e. The van der Waals surface area contributed by atoms with Gasteiger partial charge in [0.15, 0.2) is 5.78 Å². The maximum absolute atomic E-state index is 11.5. The third-order valence-electron chi connectivity index (χ3n) is 3.12. The van der Waals surface area contributed by atoms with Gasteiger partial charge < -0.3 is 14.3 Å². The lowest BCUT2D eigenvalue weighted by atomic mass is 10.1. The van der Waals surface area contributed by atoms with E-state index in [4.69, 9.17) is 14.3 Å². The van der Waals surface area contributed by atoms with Crippen molar-refractivity contribution >= 4 is 11.8 Å². The predicted octanol–water partition coefficient (Wildman–Crippen LogP) is 3.46. The Morgan fingerprint density at radius 1 is 1.24 bits per heavy atom. The molecule has 0 spiro atoms. The van der Waals surface area contributed by atoms with Gasteiger partial charge in [0.25, 0.3) is 0 Å². The quantitative estimate of drug-likeness (QED) is 0.824. The Bertz CT molecular complexity index is 652. The van der Waals surface area contributed by atoms with Gasteiger partial charge in [-0.15, -0.1) is 0 Å². The topological polar surface area (TPSA) is 76.7 Å². The average Bonchev–Trinajstić information content (AvgIpc) is 2.86. The number of ether oxygens (including phenoxy) is 1. The van der Waals surface area contributed by atoms with Crippen LogP contribution >= 0.6 is 0 Å². The fourth-order valence-electron chi connectivity index (χ4n) is 1.87. The summed E-state index contributed by atoms with van der Waals surface area (Å²) in [5, 5.41) is 8.85. The van der Waals surface area contributed by atoms with Gasteiger partial charge >= 0.3 is 5.97 Å². The number of hydrogen-bond acceptors (Lipinski definition) is 4.